The maximum Gasteiger partial charge on any atom is 0.337 e. The lowest BCUT2D eigenvalue weighted by Gasteiger charge is -2.21. The third-order valence-corrected chi connectivity index (χ3v) is 4.59. The van der Waals surface area contributed by atoms with Gasteiger partial charge in [0.25, 0.3) is 5.91 Å². The number of benzene rings is 1. The summed E-state index contributed by atoms with van der Waals surface area (Å²) in [4.78, 5) is 26.8. The fraction of sp³-hybridized carbons (Fsp3) is 0.500. The highest BCUT2D eigenvalue weighted by Gasteiger charge is 2.40. The zero-order valence-electron chi connectivity index (χ0n) is 15.9. The van der Waals surface area contributed by atoms with Gasteiger partial charge >= 0.3 is 5.97 Å². The monoisotopic (exact) mass is 345 g/mol. The molecule has 1 aliphatic heterocycles. The molecule has 0 saturated carbocycles. The minimum Gasteiger partial charge on any atom is -0.426 e. The highest BCUT2D eigenvalue weighted by Crippen LogP contribution is 2.37. The first-order valence-electron chi connectivity index (χ1n) is 8.70. The lowest BCUT2D eigenvalue weighted by atomic mass is 9.91. The molecule has 0 fully saturated rings. The van der Waals surface area contributed by atoms with Gasteiger partial charge in [-0.3, -0.25) is 4.79 Å². The smallest absolute Gasteiger partial charge is 0.337 e. The highest BCUT2D eigenvalue weighted by atomic mass is 16.6. The van der Waals surface area contributed by atoms with Crippen LogP contribution < -0.4 is 0 Å². The lowest BCUT2D eigenvalue weighted by Crippen LogP contribution is -2.34. The SMILES string of the molecule is CCc1cc(C)cc(C)c1C1=C(OC(=O)COC)C(C)N(CC)C1=O. The quantitative estimate of drug-likeness (QED) is 0.744. The Morgan fingerprint density at radius 2 is 1.92 bits per heavy atom. The van der Waals surface area contributed by atoms with Gasteiger partial charge in [0.1, 0.15) is 12.4 Å². The van der Waals surface area contributed by atoms with E-state index >= 15 is 0 Å². The van der Waals surface area contributed by atoms with E-state index in [1.807, 2.05) is 27.7 Å². The van der Waals surface area contributed by atoms with E-state index in [4.69, 9.17) is 9.47 Å². The molecule has 5 heteroatoms. The molecular weight excluding hydrogens is 318 g/mol. The van der Waals surface area contributed by atoms with Crippen LogP contribution in [0.15, 0.2) is 17.9 Å². The van der Waals surface area contributed by atoms with Crippen molar-refractivity contribution in [2.75, 3.05) is 20.3 Å². The van der Waals surface area contributed by atoms with Gasteiger partial charge in [0.2, 0.25) is 0 Å². The molecule has 136 valence electrons. The Balaban J connectivity index is 2.65. The van der Waals surface area contributed by atoms with Crippen LogP contribution in [0.5, 0.6) is 0 Å². The number of nitrogens with zero attached hydrogens (tertiary/aromatic N) is 1. The van der Waals surface area contributed by atoms with Gasteiger partial charge in [0.15, 0.2) is 0 Å². The van der Waals surface area contributed by atoms with Gasteiger partial charge in [-0.25, -0.2) is 4.79 Å². The van der Waals surface area contributed by atoms with E-state index in [2.05, 4.69) is 19.1 Å². The van der Waals surface area contributed by atoms with Gasteiger partial charge in [-0.2, -0.15) is 0 Å². The number of likely N-dealkylation sites (N-methyl/N-ethyl adjacent to an activating group) is 1. The summed E-state index contributed by atoms with van der Waals surface area (Å²) in [7, 11) is 1.44. The van der Waals surface area contributed by atoms with Gasteiger partial charge in [-0.05, 0) is 50.8 Å². The molecule has 0 aliphatic carbocycles. The number of carbonyl (C=O) groups excluding carboxylic acids is 2. The maximum absolute atomic E-state index is 13.0. The number of hydrogen-bond acceptors (Lipinski definition) is 4. The Morgan fingerprint density at radius 1 is 1.24 bits per heavy atom. The predicted octanol–water partition coefficient (Wildman–Crippen LogP) is 3.02. The second-order valence-corrected chi connectivity index (χ2v) is 6.38. The fourth-order valence-electron chi connectivity index (χ4n) is 3.52. The molecule has 1 aromatic carbocycles. The van der Waals surface area contributed by atoms with Gasteiger partial charge < -0.3 is 14.4 Å². The third kappa shape index (κ3) is 3.61. The van der Waals surface area contributed by atoms with Gasteiger partial charge in [-0.1, -0.05) is 24.6 Å². The number of carbonyl (C=O) groups is 2. The van der Waals surface area contributed by atoms with Crippen molar-refractivity contribution >= 4 is 17.4 Å². The van der Waals surface area contributed by atoms with Crippen molar-refractivity contribution < 1.29 is 19.1 Å². The van der Waals surface area contributed by atoms with Crippen molar-refractivity contribution in [2.24, 2.45) is 0 Å². The summed E-state index contributed by atoms with van der Waals surface area (Å²) in [5.74, 6) is -0.150. The van der Waals surface area contributed by atoms with Crippen LogP contribution in [0.4, 0.5) is 0 Å². The molecule has 0 bridgehead atoms. The van der Waals surface area contributed by atoms with Crippen LogP contribution >= 0.6 is 0 Å². The average Bonchev–Trinajstić information content (AvgIpc) is 2.77. The van der Waals surface area contributed by atoms with E-state index in [1.54, 1.807) is 4.90 Å². The van der Waals surface area contributed by atoms with Crippen LogP contribution in [-0.4, -0.2) is 43.1 Å². The molecule has 0 spiro atoms. The number of aryl methyl sites for hydroxylation is 3. The standard InChI is InChI=1S/C20H27NO4/c1-7-15-10-12(3)9-13(4)17(15)18-19(25-16(22)11-24-6)14(5)21(8-2)20(18)23/h9-10,14H,7-8,11H2,1-6H3. The summed E-state index contributed by atoms with van der Waals surface area (Å²) in [5.41, 5.74) is 4.66. The van der Waals surface area contributed by atoms with E-state index < -0.39 is 5.97 Å². The largest absolute Gasteiger partial charge is 0.426 e. The molecule has 1 unspecified atom stereocenters. The molecule has 2 rings (SSSR count). The topological polar surface area (TPSA) is 55.8 Å². The molecule has 1 atom stereocenters. The van der Waals surface area contributed by atoms with Gasteiger partial charge in [0.05, 0.1) is 11.6 Å². The molecule has 0 N–H and O–H groups in total. The fourth-order valence-corrected chi connectivity index (χ4v) is 3.52. The van der Waals surface area contributed by atoms with E-state index in [0.29, 0.717) is 17.9 Å². The minimum atomic E-state index is -0.490. The molecule has 0 aromatic heterocycles. The van der Waals surface area contributed by atoms with E-state index in [0.717, 1.165) is 28.7 Å². The van der Waals surface area contributed by atoms with E-state index in [9.17, 15) is 9.59 Å². The van der Waals surface area contributed by atoms with Crippen molar-refractivity contribution in [3.05, 3.63) is 40.1 Å². The zero-order valence-corrected chi connectivity index (χ0v) is 15.9. The summed E-state index contributed by atoms with van der Waals surface area (Å²) in [5, 5.41) is 0. The lowest BCUT2D eigenvalue weighted by molar-refractivity contribution is -0.144. The molecule has 0 saturated heterocycles. The molecule has 1 aromatic rings. The summed E-state index contributed by atoms with van der Waals surface area (Å²) in [6.07, 6.45) is 0.800. The Kier molecular flexibility index (Phi) is 6.01. The van der Waals surface area contributed by atoms with E-state index in [-0.39, 0.29) is 18.6 Å². The molecule has 5 nitrogen and oxygen atoms in total. The van der Waals surface area contributed by atoms with Gasteiger partial charge in [0, 0.05) is 13.7 Å². The second-order valence-electron chi connectivity index (χ2n) is 6.38. The van der Waals surface area contributed by atoms with Crippen molar-refractivity contribution in [1.29, 1.82) is 0 Å². The number of ether oxygens (including phenoxy) is 2. The molecule has 25 heavy (non-hydrogen) atoms. The Labute approximate surface area is 149 Å². The maximum atomic E-state index is 13.0. The number of methoxy groups -OCH3 is 1. The molecule has 0 radical (unpaired) electrons. The average molecular weight is 345 g/mol. The zero-order chi connectivity index (χ0) is 18.7. The van der Waals surface area contributed by atoms with Crippen molar-refractivity contribution in [2.45, 2.75) is 47.1 Å². The minimum absolute atomic E-state index is 0.0862. The van der Waals surface area contributed by atoms with Gasteiger partial charge in [-0.15, -0.1) is 0 Å². The van der Waals surface area contributed by atoms with Crippen molar-refractivity contribution in [3.8, 4) is 0 Å². The first-order valence-corrected chi connectivity index (χ1v) is 8.70. The van der Waals surface area contributed by atoms with Crippen molar-refractivity contribution in [1.82, 2.24) is 4.90 Å². The van der Waals surface area contributed by atoms with E-state index in [1.165, 1.54) is 7.11 Å². The number of amides is 1. The Hall–Kier alpha value is -2.14. The molecule has 1 aliphatic rings. The van der Waals surface area contributed by atoms with Crippen LogP contribution in [0.1, 0.15) is 43.0 Å². The summed E-state index contributed by atoms with van der Waals surface area (Å²) in [6, 6.07) is 3.87. The highest BCUT2D eigenvalue weighted by molar-refractivity contribution is 6.23. The van der Waals surface area contributed by atoms with Crippen LogP contribution in [0, 0.1) is 13.8 Å². The molecule has 1 amide bonds. The van der Waals surface area contributed by atoms with Crippen LogP contribution in [0.25, 0.3) is 5.57 Å². The normalized spacial score (nSPS) is 17.4. The number of esters is 1. The summed E-state index contributed by atoms with van der Waals surface area (Å²) >= 11 is 0. The van der Waals surface area contributed by atoms with Crippen LogP contribution in [0.3, 0.4) is 0 Å². The number of rotatable bonds is 6. The number of hydrogen-bond donors (Lipinski definition) is 0. The summed E-state index contributed by atoms with van der Waals surface area (Å²) < 4.78 is 10.4. The van der Waals surface area contributed by atoms with Crippen LogP contribution in [0.2, 0.25) is 0 Å². The van der Waals surface area contributed by atoms with Crippen LogP contribution in [-0.2, 0) is 25.5 Å². The molecule has 1 heterocycles. The first kappa shape index (κ1) is 19.2. The third-order valence-electron chi connectivity index (χ3n) is 4.59. The second kappa shape index (κ2) is 7.83. The summed E-state index contributed by atoms with van der Waals surface area (Å²) in [6.45, 7) is 10.3. The Morgan fingerprint density at radius 3 is 2.48 bits per heavy atom. The Bertz CT molecular complexity index is 721. The first-order chi connectivity index (χ1) is 11.8. The van der Waals surface area contributed by atoms with Crippen molar-refractivity contribution in [3.63, 3.8) is 0 Å². The molecular formula is C20H27NO4. The predicted molar refractivity (Wildman–Crippen MR) is 97.0 cm³/mol.